The molecule has 0 bridgehead atoms. The van der Waals surface area contributed by atoms with Gasteiger partial charge in [0, 0.05) is 19.7 Å². The van der Waals surface area contributed by atoms with E-state index in [2.05, 4.69) is 5.32 Å². The van der Waals surface area contributed by atoms with Crippen LogP contribution in [-0.2, 0) is 16.1 Å². The molecule has 0 heterocycles. The fourth-order valence-electron chi connectivity index (χ4n) is 2.46. The number of carbonyl (C=O) groups is 1. The first kappa shape index (κ1) is 15.0. The van der Waals surface area contributed by atoms with Gasteiger partial charge in [0.05, 0.1) is 12.0 Å². The Balaban J connectivity index is 1.54. The number of hydrogen-bond donors (Lipinski definition) is 2. The van der Waals surface area contributed by atoms with Gasteiger partial charge in [-0.25, -0.2) is 0 Å². The molecule has 1 fully saturated rings. The van der Waals surface area contributed by atoms with Gasteiger partial charge in [-0.1, -0.05) is 36.8 Å². The molecule has 110 valence electrons. The SMILES string of the molecule is NCC1(C(=O)NCCCOCc2ccccc2)CCC1. The first-order valence-electron chi connectivity index (χ1n) is 7.37. The normalized spacial score (nSPS) is 16.4. The molecule has 0 radical (unpaired) electrons. The molecule has 0 atom stereocenters. The highest BCUT2D eigenvalue weighted by Crippen LogP contribution is 2.39. The lowest BCUT2D eigenvalue weighted by Crippen LogP contribution is -2.50. The van der Waals surface area contributed by atoms with Crippen LogP contribution < -0.4 is 11.1 Å². The second kappa shape index (κ2) is 7.41. The number of nitrogens with two attached hydrogens (primary N) is 1. The number of benzene rings is 1. The van der Waals surface area contributed by atoms with E-state index in [-0.39, 0.29) is 11.3 Å². The van der Waals surface area contributed by atoms with Gasteiger partial charge in [-0.15, -0.1) is 0 Å². The molecule has 20 heavy (non-hydrogen) atoms. The topological polar surface area (TPSA) is 64.4 Å². The second-order valence-electron chi connectivity index (χ2n) is 5.49. The maximum absolute atomic E-state index is 12.0. The largest absolute Gasteiger partial charge is 0.377 e. The Morgan fingerprint density at radius 2 is 2.05 bits per heavy atom. The van der Waals surface area contributed by atoms with Gasteiger partial charge >= 0.3 is 0 Å². The van der Waals surface area contributed by atoms with Gasteiger partial charge in [0.15, 0.2) is 0 Å². The molecular weight excluding hydrogens is 252 g/mol. The Kier molecular flexibility index (Phi) is 5.56. The fourth-order valence-corrected chi connectivity index (χ4v) is 2.46. The van der Waals surface area contributed by atoms with E-state index in [1.165, 1.54) is 5.56 Å². The minimum atomic E-state index is -0.273. The lowest BCUT2D eigenvalue weighted by atomic mass is 9.68. The summed E-state index contributed by atoms with van der Waals surface area (Å²) in [5.74, 6) is 0.120. The summed E-state index contributed by atoms with van der Waals surface area (Å²) in [7, 11) is 0. The Bertz CT molecular complexity index is 410. The summed E-state index contributed by atoms with van der Waals surface area (Å²) in [5.41, 5.74) is 6.60. The number of ether oxygens (including phenoxy) is 1. The van der Waals surface area contributed by atoms with Crippen LogP contribution in [0.4, 0.5) is 0 Å². The third-order valence-electron chi connectivity index (χ3n) is 4.05. The molecule has 0 aliphatic heterocycles. The summed E-state index contributed by atoms with van der Waals surface area (Å²) in [6.45, 7) is 2.41. The second-order valence-corrected chi connectivity index (χ2v) is 5.49. The zero-order valence-electron chi connectivity index (χ0n) is 11.9. The monoisotopic (exact) mass is 276 g/mol. The van der Waals surface area contributed by atoms with E-state index in [4.69, 9.17) is 10.5 Å². The molecule has 0 spiro atoms. The van der Waals surface area contributed by atoms with Crippen LogP contribution in [0.3, 0.4) is 0 Å². The molecule has 0 aromatic heterocycles. The van der Waals surface area contributed by atoms with Crippen LogP contribution in [0.15, 0.2) is 30.3 Å². The average Bonchev–Trinajstić information content (AvgIpc) is 2.43. The van der Waals surface area contributed by atoms with Crippen LogP contribution in [0, 0.1) is 5.41 Å². The molecule has 2 rings (SSSR count). The van der Waals surface area contributed by atoms with Crippen molar-refractivity contribution in [3.05, 3.63) is 35.9 Å². The summed E-state index contributed by atoms with van der Waals surface area (Å²) in [5, 5.41) is 2.98. The van der Waals surface area contributed by atoms with E-state index in [1.54, 1.807) is 0 Å². The molecule has 1 saturated carbocycles. The zero-order valence-corrected chi connectivity index (χ0v) is 11.9. The third-order valence-corrected chi connectivity index (χ3v) is 4.05. The van der Waals surface area contributed by atoms with Crippen molar-refractivity contribution in [1.82, 2.24) is 5.32 Å². The van der Waals surface area contributed by atoms with Crippen molar-refractivity contribution in [3.63, 3.8) is 0 Å². The minimum Gasteiger partial charge on any atom is -0.377 e. The summed E-state index contributed by atoms with van der Waals surface area (Å²) < 4.78 is 5.58. The summed E-state index contributed by atoms with van der Waals surface area (Å²) in [6.07, 6.45) is 3.81. The Labute approximate surface area is 120 Å². The zero-order chi connectivity index (χ0) is 14.3. The Morgan fingerprint density at radius 1 is 1.30 bits per heavy atom. The summed E-state index contributed by atoms with van der Waals surface area (Å²) >= 11 is 0. The Hall–Kier alpha value is -1.39. The van der Waals surface area contributed by atoms with Crippen molar-refractivity contribution in [3.8, 4) is 0 Å². The van der Waals surface area contributed by atoms with E-state index in [1.807, 2.05) is 30.3 Å². The first-order valence-corrected chi connectivity index (χ1v) is 7.37. The maximum Gasteiger partial charge on any atom is 0.227 e. The van der Waals surface area contributed by atoms with E-state index in [0.29, 0.717) is 26.3 Å². The molecule has 1 aromatic carbocycles. The highest BCUT2D eigenvalue weighted by molar-refractivity contribution is 5.83. The van der Waals surface area contributed by atoms with Gasteiger partial charge < -0.3 is 15.8 Å². The molecule has 3 N–H and O–H groups in total. The molecule has 0 saturated heterocycles. The molecule has 1 aliphatic carbocycles. The lowest BCUT2D eigenvalue weighted by molar-refractivity contribution is -0.135. The number of rotatable bonds is 8. The van der Waals surface area contributed by atoms with E-state index >= 15 is 0 Å². The summed E-state index contributed by atoms with van der Waals surface area (Å²) in [6, 6.07) is 10.1. The van der Waals surface area contributed by atoms with Crippen LogP contribution in [0.5, 0.6) is 0 Å². The summed E-state index contributed by atoms with van der Waals surface area (Å²) in [4.78, 5) is 12.0. The van der Waals surface area contributed by atoms with Gasteiger partial charge in [0.25, 0.3) is 0 Å². The standard InChI is InChI=1S/C16H24N2O2/c17-13-16(8-4-9-16)15(19)18-10-5-11-20-12-14-6-2-1-3-7-14/h1-3,6-7H,4-5,8-13,17H2,(H,18,19). The van der Waals surface area contributed by atoms with Gasteiger partial charge in [-0.2, -0.15) is 0 Å². The number of hydrogen-bond acceptors (Lipinski definition) is 3. The molecular formula is C16H24N2O2. The predicted molar refractivity (Wildman–Crippen MR) is 79.1 cm³/mol. The maximum atomic E-state index is 12.0. The van der Waals surface area contributed by atoms with Gasteiger partial charge in [0.2, 0.25) is 5.91 Å². The Morgan fingerprint density at radius 3 is 2.65 bits per heavy atom. The van der Waals surface area contributed by atoms with E-state index < -0.39 is 0 Å². The average molecular weight is 276 g/mol. The smallest absolute Gasteiger partial charge is 0.227 e. The van der Waals surface area contributed by atoms with Gasteiger partial charge in [0.1, 0.15) is 0 Å². The van der Waals surface area contributed by atoms with Crippen molar-refractivity contribution in [1.29, 1.82) is 0 Å². The molecule has 1 aliphatic rings. The number of nitrogens with one attached hydrogen (secondary N) is 1. The van der Waals surface area contributed by atoms with Crippen LogP contribution in [0.1, 0.15) is 31.2 Å². The predicted octanol–water partition coefficient (Wildman–Crippen LogP) is 1.84. The highest BCUT2D eigenvalue weighted by Gasteiger charge is 2.42. The highest BCUT2D eigenvalue weighted by atomic mass is 16.5. The van der Waals surface area contributed by atoms with E-state index in [0.717, 1.165) is 25.7 Å². The molecule has 1 amide bonds. The molecule has 1 aromatic rings. The van der Waals surface area contributed by atoms with Crippen molar-refractivity contribution >= 4 is 5.91 Å². The van der Waals surface area contributed by atoms with Crippen molar-refractivity contribution in [2.45, 2.75) is 32.3 Å². The van der Waals surface area contributed by atoms with Gasteiger partial charge in [-0.05, 0) is 24.8 Å². The molecule has 0 unspecified atom stereocenters. The molecule has 4 nitrogen and oxygen atoms in total. The number of carbonyl (C=O) groups excluding carboxylic acids is 1. The fraction of sp³-hybridized carbons (Fsp3) is 0.562. The lowest BCUT2D eigenvalue weighted by Gasteiger charge is -2.39. The number of amides is 1. The van der Waals surface area contributed by atoms with Crippen molar-refractivity contribution in [2.24, 2.45) is 11.1 Å². The van der Waals surface area contributed by atoms with Crippen molar-refractivity contribution in [2.75, 3.05) is 19.7 Å². The third kappa shape index (κ3) is 3.81. The quantitative estimate of drug-likeness (QED) is 0.712. The van der Waals surface area contributed by atoms with Crippen LogP contribution in [0.2, 0.25) is 0 Å². The van der Waals surface area contributed by atoms with Crippen LogP contribution in [-0.4, -0.2) is 25.6 Å². The van der Waals surface area contributed by atoms with Gasteiger partial charge in [-0.3, -0.25) is 4.79 Å². The first-order chi connectivity index (χ1) is 9.77. The van der Waals surface area contributed by atoms with Crippen LogP contribution >= 0.6 is 0 Å². The molecule has 4 heteroatoms. The van der Waals surface area contributed by atoms with Crippen LogP contribution in [0.25, 0.3) is 0 Å². The van der Waals surface area contributed by atoms with E-state index in [9.17, 15) is 4.79 Å². The minimum absolute atomic E-state index is 0.120. The van der Waals surface area contributed by atoms with Crippen molar-refractivity contribution < 1.29 is 9.53 Å².